The molecule has 3 heteroatoms. The van der Waals surface area contributed by atoms with Gasteiger partial charge in [0.25, 0.3) is 0 Å². The maximum absolute atomic E-state index is 5.48. The summed E-state index contributed by atoms with van der Waals surface area (Å²) in [7, 11) is 1.78. The topological polar surface area (TPSA) is 33.6 Å². The Hall–Kier alpha value is -2.55. The highest BCUT2D eigenvalue weighted by atomic mass is 16.6. The standard InChI is InChI=1S/C17H18N2O/c1-14(19-20-16-11-7-4-8-12-16)13-17(18-2)15-9-5-3-6-10-15/h3-13,19H,1-2H3/b14-13-,18-17?. The summed E-state index contributed by atoms with van der Waals surface area (Å²) in [6, 6.07) is 19.6. The van der Waals surface area contributed by atoms with Crippen molar-refractivity contribution in [2.24, 2.45) is 4.99 Å². The van der Waals surface area contributed by atoms with Gasteiger partial charge >= 0.3 is 0 Å². The fourth-order valence-electron chi connectivity index (χ4n) is 1.75. The molecule has 0 fully saturated rings. The van der Waals surface area contributed by atoms with Gasteiger partial charge in [0, 0.05) is 12.7 Å². The Balaban J connectivity index is 2.02. The third-order valence-electron chi connectivity index (χ3n) is 2.74. The van der Waals surface area contributed by atoms with Gasteiger partial charge in [-0.15, -0.1) is 0 Å². The van der Waals surface area contributed by atoms with Gasteiger partial charge in [-0.25, -0.2) is 5.48 Å². The molecule has 1 N–H and O–H groups in total. The summed E-state index contributed by atoms with van der Waals surface area (Å²) in [5.41, 5.74) is 5.79. The number of rotatable bonds is 5. The van der Waals surface area contributed by atoms with Gasteiger partial charge in [-0.05, 0) is 30.7 Å². The SMILES string of the molecule is CN=C(/C=C(/C)NOc1ccccc1)c1ccccc1. The molecular formula is C17H18N2O. The number of nitrogens with zero attached hydrogens (tertiary/aromatic N) is 1. The first kappa shape index (κ1) is 13.9. The molecule has 0 aliphatic rings. The molecule has 0 atom stereocenters. The van der Waals surface area contributed by atoms with Crippen molar-refractivity contribution in [1.29, 1.82) is 0 Å². The highest BCUT2D eigenvalue weighted by Crippen LogP contribution is 2.08. The van der Waals surface area contributed by atoms with E-state index >= 15 is 0 Å². The van der Waals surface area contributed by atoms with Crippen LogP contribution < -0.4 is 10.3 Å². The first-order chi connectivity index (χ1) is 9.79. The third kappa shape index (κ3) is 3.99. The maximum Gasteiger partial charge on any atom is 0.155 e. The van der Waals surface area contributed by atoms with E-state index in [1.165, 1.54) is 0 Å². The lowest BCUT2D eigenvalue weighted by Crippen LogP contribution is -2.17. The summed E-state index contributed by atoms with van der Waals surface area (Å²) in [5, 5.41) is 0. The van der Waals surface area contributed by atoms with Gasteiger partial charge in [0.05, 0.1) is 5.71 Å². The molecule has 2 aromatic carbocycles. The molecule has 0 radical (unpaired) electrons. The number of nitrogens with one attached hydrogen (secondary N) is 1. The molecule has 0 aliphatic heterocycles. The summed E-state index contributed by atoms with van der Waals surface area (Å²) >= 11 is 0. The van der Waals surface area contributed by atoms with Crippen molar-refractivity contribution in [2.45, 2.75) is 6.92 Å². The molecule has 0 aliphatic carbocycles. The van der Waals surface area contributed by atoms with E-state index in [1.807, 2.05) is 73.7 Å². The second-order valence-electron chi connectivity index (χ2n) is 4.32. The third-order valence-corrected chi connectivity index (χ3v) is 2.74. The van der Waals surface area contributed by atoms with Gasteiger partial charge in [-0.2, -0.15) is 0 Å². The number of benzene rings is 2. The molecule has 0 aromatic heterocycles. The molecule has 20 heavy (non-hydrogen) atoms. The Labute approximate surface area is 119 Å². The van der Waals surface area contributed by atoms with Crippen molar-refractivity contribution < 1.29 is 4.84 Å². The van der Waals surface area contributed by atoms with Crippen LogP contribution in [-0.2, 0) is 0 Å². The van der Waals surface area contributed by atoms with Crippen LogP contribution in [-0.4, -0.2) is 12.8 Å². The van der Waals surface area contributed by atoms with Crippen LogP contribution in [0, 0.1) is 0 Å². The summed E-state index contributed by atoms with van der Waals surface area (Å²) < 4.78 is 0. The number of hydrogen-bond acceptors (Lipinski definition) is 3. The molecule has 0 heterocycles. The highest BCUT2D eigenvalue weighted by Gasteiger charge is 2.00. The summed E-state index contributed by atoms with van der Waals surface area (Å²) in [6.07, 6.45) is 1.96. The molecule has 0 bridgehead atoms. The minimum atomic E-state index is 0.773. The van der Waals surface area contributed by atoms with E-state index in [1.54, 1.807) is 7.05 Å². The van der Waals surface area contributed by atoms with Gasteiger partial charge in [-0.1, -0.05) is 48.5 Å². The molecule has 0 spiro atoms. The van der Waals surface area contributed by atoms with Gasteiger partial charge in [0.2, 0.25) is 0 Å². The number of para-hydroxylation sites is 1. The Morgan fingerprint density at radius 2 is 1.60 bits per heavy atom. The zero-order valence-electron chi connectivity index (χ0n) is 11.7. The predicted molar refractivity (Wildman–Crippen MR) is 82.9 cm³/mol. The lowest BCUT2D eigenvalue weighted by atomic mass is 10.1. The number of allylic oxidation sites excluding steroid dienone is 2. The maximum atomic E-state index is 5.48. The van der Waals surface area contributed by atoms with Gasteiger partial charge in [0.15, 0.2) is 5.75 Å². The van der Waals surface area contributed by atoms with E-state index < -0.39 is 0 Å². The van der Waals surface area contributed by atoms with E-state index in [4.69, 9.17) is 4.84 Å². The molecule has 0 saturated carbocycles. The average Bonchev–Trinajstić information content (AvgIpc) is 2.52. The second-order valence-corrected chi connectivity index (χ2v) is 4.32. The van der Waals surface area contributed by atoms with Gasteiger partial charge < -0.3 is 4.84 Å². The van der Waals surface area contributed by atoms with E-state index in [-0.39, 0.29) is 0 Å². The quantitative estimate of drug-likeness (QED) is 0.662. The first-order valence-electron chi connectivity index (χ1n) is 6.48. The Morgan fingerprint density at radius 3 is 2.20 bits per heavy atom. The number of aliphatic imine (C=N–C) groups is 1. The molecule has 0 saturated heterocycles. The van der Waals surface area contributed by atoms with Crippen LogP contribution in [0.1, 0.15) is 12.5 Å². The van der Waals surface area contributed by atoms with Gasteiger partial charge in [0.1, 0.15) is 0 Å². The second kappa shape index (κ2) is 7.14. The smallest absolute Gasteiger partial charge is 0.155 e. The molecule has 0 amide bonds. The lowest BCUT2D eigenvalue weighted by Gasteiger charge is -2.09. The summed E-state index contributed by atoms with van der Waals surface area (Å²) in [6.45, 7) is 1.94. The molecular weight excluding hydrogens is 248 g/mol. The molecule has 2 rings (SSSR count). The van der Waals surface area contributed by atoms with Crippen molar-refractivity contribution in [3.8, 4) is 5.75 Å². The first-order valence-corrected chi connectivity index (χ1v) is 6.48. The summed E-state index contributed by atoms with van der Waals surface area (Å²) in [5.74, 6) is 0.773. The minimum Gasteiger partial charge on any atom is -0.383 e. The van der Waals surface area contributed by atoms with Gasteiger partial charge in [-0.3, -0.25) is 4.99 Å². The predicted octanol–water partition coefficient (Wildman–Crippen LogP) is 3.59. The van der Waals surface area contributed by atoms with Crippen molar-refractivity contribution >= 4 is 5.71 Å². The van der Waals surface area contributed by atoms with E-state index in [2.05, 4.69) is 10.5 Å². The van der Waals surface area contributed by atoms with Crippen LogP contribution in [0.4, 0.5) is 0 Å². The van der Waals surface area contributed by atoms with E-state index in [0.29, 0.717) is 0 Å². The zero-order chi connectivity index (χ0) is 14.2. The molecule has 0 unspecified atom stereocenters. The highest BCUT2D eigenvalue weighted by molar-refractivity contribution is 6.08. The Kier molecular flexibility index (Phi) is 4.95. The fraction of sp³-hybridized carbons (Fsp3) is 0.118. The van der Waals surface area contributed by atoms with E-state index in [9.17, 15) is 0 Å². The van der Waals surface area contributed by atoms with Crippen LogP contribution in [0.5, 0.6) is 5.75 Å². The number of hydroxylamine groups is 1. The monoisotopic (exact) mass is 266 g/mol. The van der Waals surface area contributed by atoms with Crippen molar-refractivity contribution in [3.05, 3.63) is 78.0 Å². The fourth-order valence-corrected chi connectivity index (χ4v) is 1.75. The molecule has 2 aromatic rings. The van der Waals surface area contributed by atoms with Crippen LogP contribution in [0.2, 0.25) is 0 Å². The average molecular weight is 266 g/mol. The van der Waals surface area contributed by atoms with E-state index in [0.717, 1.165) is 22.7 Å². The normalized spacial score (nSPS) is 12.1. The van der Waals surface area contributed by atoms with Crippen LogP contribution >= 0.6 is 0 Å². The minimum absolute atomic E-state index is 0.773. The Bertz CT molecular complexity index is 589. The zero-order valence-corrected chi connectivity index (χ0v) is 11.7. The largest absolute Gasteiger partial charge is 0.383 e. The number of hydrogen-bond donors (Lipinski definition) is 1. The molecule has 102 valence electrons. The lowest BCUT2D eigenvalue weighted by molar-refractivity contribution is 0.230. The van der Waals surface area contributed by atoms with Crippen molar-refractivity contribution in [2.75, 3.05) is 7.05 Å². The molecule has 3 nitrogen and oxygen atoms in total. The van der Waals surface area contributed by atoms with Crippen molar-refractivity contribution in [1.82, 2.24) is 5.48 Å². The van der Waals surface area contributed by atoms with Crippen LogP contribution in [0.3, 0.4) is 0 Å². The van der Waals surface area contributed by atoms with Crippen molar-refractivity contribution in [3.63, 3.8) is 0 Å². The van der Waals surface area contributed by atoms with Crippen LogP contribution in [0.15, 0.2) is 77.4 Å². The van der Waals surface area contributed by atoms with Crippen LogP contribution in [0.25, 0.3) is 0 Å². The Morgan fingerprint density at radius 1 is 1.00 bits per heavy atom. The summed E-state index contributed by atoms with van der Waals surface area (Å²) in [4.78, 5) is 9.77.